The second-order valence-corrected chi connectivity index (χ2v) is 10.0. The van der Waals surface area contributed by atoms with E-state index >= 15 is 0 Å². The standard InChI is InChI=1S/C27H24N2O4S/c1-27(16-15-21-14-8-9-17-28-21)25(29-22(30)18-23(29)34-27)33-26(31)32-24(19-10-4-2-5-11-19)20-12-6-3-7-13-20/h2-17,23-25H,18H2,1H3/b16-15+/t23-,25+,27+/m1/s1. The van der Waals surface area contributed by atoms with E-state index in [4.69, 9.17) is 9.47 Å². The molecule has 2 aromatic carbocycles. The van der Waals surface area contributed by atoms with Crippen molar-refractivity contribution in [1.82, 2.24) is 9.88 Å². The van der Waals surface area contributed by atoms with E-state index in [1.165, 1.54) is 0 Å². The highest BCUT2D eigenvalue weighted by atomic mass is 32.2. The molecule has 34 heavy (non-hydrogen) atoms. The van der Waals surface area contributed by atoms with E-state index < -0.39 is 23.2 Å². The minimum Gasteiger partial charge on any atom is -0.421 e. The Morgan fingerprint density at radius 2 is 1.71 bits per heavy atom. The highest BCUT2D eigenvalue weighted by Gasteiger charge is 2.59. The zero-order chi connectivity index (χ0) is 23.5. The summed E-state index contributed by atoms with van der Waals surface area (Å²) in [5.74, 6) is -0.0343. The van der Waals surface area contributed by atoms with Crippen LogP contribution in [0.25, 0.3) is 6.08 Å². The summed E-state index contributed by atoms with van der Waals surface area (Å²) in [7, 11) is 0. The summed E-state index contributed by atoms with van der Waals surface area (Å²) < 4.78 is 11.0. The lowest BCUT2D eigenvalue weighted by Gasteiger charge is -2.37. The molecule has 2 aliphatic heterocycles. The number of carbonyl (C=O) groups excluding carboxylic acids is 2. The van der Waals surface area contributed by atoms with Crippen LogP contribution in [-0.2, 0) is 14.3 Å². The Kier molecular flexibility index (Phi) is 6.11. The van der Waals surface area contributed by atoms with E-state index in [1.54, 1.807) is 22.9 Å². The molecule has 3 atom stereocenters. The molecule has 3 heterocycles. The zero-order valence-electron chi connectivity index (χ0n) is 18.6. The smallest absolute Gasteiger partial charge is 0.421 e. The highest BCUT2D eigenvalue weighted by molar-refractivity contribution is 8.01. The van der Waals surface area contributed by atoms with Gasteiger partial charge in [0.1, 0.15) is 0 Å². The lowest BCUT2D eigenvalue weighted by molar-refractivity contribution is -0.157. The predicted octanol–water partition coefficient (Wildman–Crippen LogP) is 5.43. The topological polar surface area (TPSA) is 68.7 Å². The quantitative estimate of drug-likeness (QED) is 0.352. The Bertz CT molecular complexity index is 1150. The molecule has 6 nitrogen and oxygen atoms in total. The van der Waals surface area contributed by atoms with Gasteiger partial charge in [0.05, 0.1) is 22.2 Å². The van der Waals surface area contributed by atoms with Gasteiger partial charge >= 0.3 is 6.16 Å². The Morgan fingerprint density at radius 3 is 2.29 bits per heavy atom. The summed E-state index contributed by atoms with van der Waals surface area (Å²) in [6, 6.07) is 24.7. The van der Waals surface area contributed by atoms with Crippen molar-refractivity contribution in [3.63, 3.8) is 0 Å². The van der Waals surface area contributed by atoms with Crippen LogP contribution in [-0.4, -0.2) is 38.3 Å². The van der Waals surface area contributed by atoms with Crippen LogP contribution in [0.15, 0.2) is 91.1 Å². The molecule has 2 fully saturated rings. The van der Waals surface area contributed by atoms with Crippen LogP contribution in [0.2, 0.25) is 0 Å². The van der Waals surface area contributed by atoms with Crippen molar-refractivity contribution in [2.24, 2.45) is 0 Å². The molecule has 0 radical (unpaired) electrons. The predicted molar refractivity (Wildman–Crippen MR) is 131 cm³/mol. The average Bonchev–Trinajstić information content (AvgIpc) is 3.09. The molecule has 0 unspecified atom stereocenters. The van der Waals surface area contributed by atoms with Crippen LogP contribution in [0.3, 0.4) is 0 Å². The first kappa shape index (κ1) is 22.2. The van der Waals surface area contributed by atoms with Gasteiger partial charge in [0.2, 0.25) is 5.91 Å². The first-order chi connectivity index (χ1) is 16.5. The number of hydrogen-bond acceptors (Lipinski definition) is 6. The molecule has 2 aliphatic rings. The third-order valence-electron chi connectivity index (χ3n) is 5.98. The van der Waals surface area contributed by atoms with Gasteiger partial charge in [0, 0.05) is 6.20 Å². The van der Waals surface area contributed by atoms with Gasteiger partial charge in [-0.25, -0.2) is 4.79 Å². The Balaban J connectivity index is 1.38. The minimum absolute atomic E-state index is 0.0253. The lowest BCUT2D eigenvalue weighted by atomic mass is 10.0. The van der Waals surface area contributed by atoms with Crippen molar-refractivity contribution >= 4 is 29.9 Å². The molecule has 172 valence electrons. The van der Waals surface area contributed by atoms with Crippen LogP contribution in [0, 0.1) is 0 Å². The molecule has 0 saturated carbocycles. The van der Waals surface area contributed by atoms with Crippen molar-refractivity contribution in [2.45, 2.75) is 35.8 Å². The van der Waals surface area contributed by atoms with Gasteiger partial charge in [0.15, 0.2) is 12.3 Å². The van der Waals surface area contributed by atoms with Crippen molar-refractivity contribution in [3.8, 4) is 0 Å². The maximum absolute atomic E-state index is 13.1. The van der Waals surface area contributed by atoms with Crippen LogP contribution in [0.4, 0.5) is 4.79 Å². The number of pyridine rings is 1. The molecule has 1 aromatic heterocycles. The highest BCUT2D eigenvalue weighted by Crippen LogP contribution is 2.52. The number of carbonyl (C=O) groups is 2. The van der Waals surface area contributed by atoms with E-state index in [-0.39, 0.29) is 11.3 Å². The van der Waals surface area contributed by atoms with E-state index in [1.807, 2.05) is 97.9 Å². The summed E-state index contributed by atoms with van der Waals surface area (Å²) in [6.07, 6.45) is 3.78. The number of rotatable bonds is 6. The molecule has 2 saturated heterocycles. The Labute approximate surface area is 202 Å². The molecule has 5 rings (SSSR count). The van der Waals surface area contributed by atoms with E-state index in [0.717, 1.165) is 16.8 Å². The van der Waals surface area contributed by atoms with Crippen LogP contribution in [0.5, 0.6) is 0 Å². The average molecular weight is 473 g/mol. The van der Waals surface area contributed by atoms with Gasteiger partial charge in [-0.05, 0) is 36.3 Å². The van der Waals surface area contributed by atoms with Gasteiger partial charge in [-0.3, -0.25) is 14.7 Å². The molecule has 0 N–H and O–H groups in total. The Hall–Kier alpha value is -3.58. The third kappa shape index (κ3) is 4.43. The first-order valence-electron chi connectivity index (χ1n) is 11.1. The fourth-order valence-electron chi connectivity index (χ4n) is 4.23. The number of thioether (sulfide) groups is 1. The number of ether oxygens (including phenoxy) is 2. The second kappa shape index (κ2) is 9.35. The summed E-state index contributed by atoms with van der Waals surface area (Å²) in [4.78, 5) is 31.4. The van der Waals surface area contributed by atoms with Gasteiger partial charge in [-0.1, -0.05) is 72.8 Å². The fraction of sp³-hybridized carbons (Fsp3) is 0.222. The first-order valence-corrected chi connectivity index (χ1v) is 12.0. The number of aromatic nitrogens is 1. The second-order valence-electron chi connectivity index (χ2n) is 8.39. The Morgan fingerprint density at radius 1 is 1.06 bits per heavy atom. The van der Waals surface area contributed by atoms with Crippen LogP contribution in [0.1, 0.15) is 36.3 Å². The van der Waals surface area contributed by atoms with Crippen molar-refractivity contribution in [3.05, 3.63) is 108 Å². The van der Waals surface area contributed by atoms with E-state index in [9.17, 15) is 9.59 Å². The largest absolute Gasteiger partial charge is 0.511 e. The number of benzene rings is 2. The molecule has 3 aromatic rings. The summed E-state index contributed by atoms with van der Waals surface area (Å²) in [6.45, 7) is 1.96. The number of amides is 1. The maximum Gasteiger partial charge on any atom is 0.511 e. The summed E-state index contributed by atoms with van der Waals surface area (Å²) in [5.41, 5.74) is 2.46. The fourth-order valence-corrected chi connectivity index (χ4v) is 5.81. The molecule has 0 spiro atoms. The number of nitrogens with zero attached hydrogens (tertiary/aromatic N) is 2. The van der Waals surface area contributed by atoms with E-state index in [0.29, 0.717) is 6.42 Å². The van der Waals surface area contributed by atoms with Crippen molar-refractivity contribution in [1.29, 1.82) is 0 Å². The number of hydrogen-bond donors (Lipinski definition) is 0. The van der Waals surface area contributed by atoms with E-state index in [2.05, 4.69) is 4.98 Å². The van der Waals surface area contributed by atoms with Gasteiger partial charge in [-0.15, -0.1) is 11.8 Å². The summed E-state index contributed by atoms with van der Waals surface area (Å²) >= 11 is 1.61. The molecule has 1 amide bonds. The summed E-state index contributed by atoms with van der Waals surface area (Å²) in [5, 5.41) is -0.0253. The SMILES string of the molecule is C[C@@]1(/C=C/c2ccccn2)S[C@@H]2CC(=O)N2[C@H]1OC(=O)OC(c1ccccc1)c1ccccc1. The van der Waals surface area contributed by atoms with Gasteiger partial charge < -0.3 is 9.47 Å². The monoisotopic (exact) mass is 472 g/mol. The normalized spacial score (nSPS) is 23.6. The van der Waals surface area contributed by atoms with Gasteiger partial charge in [-0.2, -0.15) is 0 Å². The molecule has 0 bridgehead atoms. The van der Waals surface area contributed by atoms with Crippen LogP contribution >= 0.6 is 11.8 Å². The molecular weight excluding hydrogens is 448 g/mol. The van der Waals surface area contributed by atoms with Gasteiger partial charge in [0.25, 0.3) is 0 Å². The van der Waals surface area contributed by atoms with Crippen molar-refractivity contribution < 1.29 is 19.1 Å². The molecule has 7 heteroatoms. The molecule has 0 aliphatic carbocycles. The minimum atomic E-state index is -0.818. The lowest BCUT2D eigenvalue weighted by Crippen LogP contribution is -2.55. The van der Waals surface area contributed by atoms with Crippen LogP contribution < -0.4 is 0 Å². The molecular formula is C27H24N2O4S. The third-order valence-corrected chi connectivity index (χ3v) is 7.49. The maximum atomic E-state index is 13.1. The zero-order valence-corrected chi connectivity index (χ0v) is 19.4. The number of β-lactam (4-membered cyclic amide) rings is 1. The van der Waals surface area contributed by atoms with Crippen molar-refractivity contribution in [2.75, 3.05) is 0 Å². The number of fused-ring (bicyclic) bond motifs is 1.